The summed E-state index contributed by atoms with van der Waals surface area (Å²) in [6.07, 6.45) is 0.820. The summed E-state index contributed by atoms with van der Waals surface area (Å²) < 4.78 is 25.7. The van der Waals surface area contributed by atoms with Crippen molar-refractivity contribution in [1.82, 2.24) is 9.21 Å². The molecule has 2 aliphatic rings. The van der Waals surface area contributed by atoms with Gasteiger partial charge in [-0.05, 0) is 43.5 Å². The molecule has 1 fully saturated rings. The van der Waals surface area contributed by atoms with Gasteiger partial charge in [0.2, 0.25) is 0 Å². The summed E-state index contributed by atoms with van der Waals surface area (Å²) in [5.41, 5.74) is 6.07. The number of nitrogens with two attached hydrogens (primary N) is 1. The van der Waals surface area contributed by atoms with Gasteiger partial charge in [-0.15, -0.1) is 0 Å². The van der Waals surface area contributed by atoms with E-state index in [4.69, 9.17) is 5.73 Å². The van der Waals surface area contributed by atoms with Crippen molar-refractivity contribution in [2.24, 2.45) is 11.1 Å². The van der Waals surface area contributed by atoms with Crippen molar-refractivity contribution in [2.45, 2.75) is 25.2 Å². The summed E-state index contributed by atoms with van der Waals surface area (Å²) in [6, 6.07) is 4.26. The fraction of sp³-hybridized carbons (Fsp3) is 0.500. The molecule has 1 aromatic carbocycles. The third-order valence-electron chi connectivity index (χ3n) is 4.88. The van der Waals surface area contributed by atoms with Gasteiger partial charge in [-0.3, -0.25) is 9.59 Å². The van der Waals surface area contributed by atoms with Gasteiger partial charge in [-0.25, -0.2) is 12.7 Å². The van der Waals surface area contributed by atoms with Crippen LogP contribution in [-0.2, 0) is 10.0 Å². The Hall–Kier alpha value is -1.93. The SMILES string of the molecule is CCN1C(=O)c2ccc(C(=O)N3CCC(C)(CN)C3)cc2S1(=O)=O. The number of benzene rings is 1. The van der Waals surface area contributed by atoms with Crippen LogP contribution in [0.5, 0.6) is 0 Å². The fourth-order valence-corrected chi connectivity index (χ4v) is 4.87. The van der Waals surface area contributed by atoms with E-state index in [1.165, 1.54) is 18.2 Å². The van der Waals surface area contributed by atoms with Gasteiger partial charge >= 0.3 is 0 Å². The minimum absolute atomic E-state index is 0.0695. The van der Waals surface area contributed by atoms with E-state index in [-0.39, 0.29) is 33.9 Å². The highest BCUT2D eigenvalue weighted by molar-refractivity contribution is 7.90. The average Bonchev–Trinajstić information content (AvgIpc) is 3.04. The Morgan fingerprint density at radius 3 is 2.67 bits per heavy atom. The number of nitrogens with zero attached hydrogens (tertiary/aromatic N) is 2. The van der Waals surface area contributed by atoms with E-state index >= 15 is 0 Å². The van der Waals surface area contributed by atoms with Gasteiger partial charge in [0.25, 0.3) is 21.8 Å². The van der Waals surface area contributed by atoms with Crippen molar-refractivity contribution in [3.8, 4) is 0 Å². The van der Waals surface area contributed by atoms with Gasteiger partial charge in [-0.1, -0.05) is 6.92 Å². The number of likely N-dealkylation sites (tertiary alicyclic amines) is 1. The molecule has 0 spiro atoms. The van der Waals surface area contributed by atoms with Crippen molar-refractivity contribution in [1.29, 1.82) is 0 Å². The molecule has 2 heterocycles. The van der Waals surface area contributed by atoms with Crippen LogP contribution in [0, 0.1) is 5.41 Å². The molecule has 3 rings (SSSR count). The van der Waals surface area contributed by atoms with Crippen molar-refractivity contribution in [3.63, 3.8) is 0 Å². The molecule has 0 radical (unpaired) electrons. The second-order valence-electron chi connectivity index (χ2n) is 6.68. The van der Waals surface area contributed by atoms with E-state index in [0.29, 0.717) is 19.6 Å². The molecule has 7 nitrogen and oxygen atoms in total. The van der Waals surface area contributed by atoms with E-state index in [1.54, 1.807) is 11.8 Å². The number of carbonyl (C=O) groups is 2. The number of fused-ring (bicyclic) bond motifs is 1. The van der Waals surface area contributed by atoms with Crippen molar-refractivity contribution in [3.05, 3.63) is 29.3 Å². The quantitative estimate of drug-likeness (QED) is 0.862. The maximum atomic E-state index is 12.7. The summed E-state index contributed by atoms with van der Waals surface area (Å²) in [5, 5.41) is 0. The molecule has 2 N–H and O–H groups in total. The topological polar surface area (TPSA) is 101 Å². The van der Waals surface area contributed by atoms with E-state index in [9.17, 15) is 18.0 Å². The lowest BCUT2D eigenvalue weighted by Crippen LogP contribution is -2.34. The minimum Gasteiger partial charge on any atom is -0.338 e. The highest BCUT2D eigenvalue weighted by Gasteiger charge is 2.41. The minimum atomic E-state index is -3.86. The number of rotatable bonds is 3. The molecule has 1 unspecified atom stereocenters. The van der Waals surface area contributed by atoms with E-state index in [0.717, 1.165) is 10.7 Å². The van der Waals surface area contributed by atoms with Crippen LogP contribution < -0.4 is 5.73 Å². The second kappa shape index (κ2) is 5.56. The third kappa shape index (κ3) is 2.41. The first-order chi connectivity index (χ1) is 11.2. The molecule has 1 saturated heterocycles. The lowest BCUT2D eigenvalue weighted by atomic mass is 9.90. The highest BCUT2D eigenvalue weighted by Crippen LogP contribution is 2.33. The van der Waals surface area contributed by atoms with Gasteiger partial charge in [0.05, 0.1) is 5.56 Å². The standard InChI is InChI=1S/C16H21N3O4S/c1-3-19-15(21)12-5-4-11(8-13(12)24(19,22)23)14(20)18-7-6-16(2,9-17)10-18/h4-5,8H,3,6-7,9-10,17H2,1-2H3. The Morgan fingerprint density at radius 1 is 1.38 bits per heavy atom. The predicted molar refractivity (Wildman–Crippen MR) is 88.0 cm³/mol. The maximum absolute atomic E-state index is 12.7. The van der Waals surface area contributed by atoms with Crippen LogP contribution in [0.15, 0.2) is 23.1 Å². The number of carbonyl (C=O) groups excluding carboxylic acids is 2. The Labute approximate surface area is 141 Å². The zero-order chi connectivity index (χ0) is 17.7. The molecule has 0 aromatic heterocycles. The van der Waals surface area contributed by atoms with Gasteiger partial charge in [0.1, 0.15) is 4.90 Å². The van der Waals surface area contributed by atoms with Crippen LogP contribution in [0.3, 0.4) is 0 Å². The van der Waals surface area contributed by atoms with Crippen LogP contribution in [-0.4, -0.2) is 55.6 Å². The van der Waals surface area contributed by atoms with E-state index < -0.39 is 15.9 Å². The third-order valence-corrected chi connectivity index (χ3v) is 6.78. The van der Waals surface area contributed by atoms with Crippen LogP contribution in [0.25, 0.3) is 0 Å². The Balaban J connectivity index is 1.94. The summed E-state index contributed by atoms with van der Waals surface area (Å²) in [5.74, 6) is -0.768. The fourth-order valence-electron chi connectivity index (χ4n) is 3.27. The van der Waals surface area contributed by atoms with Crippen LogP contribution in [0.4, 0.5) is 0 Å². The maximum Gasteiger partial charge on any atom is 0.268 e. The summed E-state index contributed by atoms with van der Waals surface area (Å²) in [4.78, 5) is 26.4. The van der Waals surface area contributed by atoms with Gasteiger partial charge in [0.15, 0.2) is 0 Å². The predicted octanol–water partition coefficient (Wildman–Crippen LogP) is 0.662. The molecular weight excluding hydrogens is 330 g/mol. The first kappa shape index (κ1) is 16.9. The lowest BCUT2D eigenvalue weighted by molar-refractivity contribution is 0.0775. The largest absolute Gasteiger partial charge is 0.338 e. The molecule has 24 heavy (non-hydrogen) atoms. The first-order valence-electron chi connectivity index (χ1n) is 7.94. The number of hydrogen-bond donors (Lipinski definition) is 1. The summed E-state index contributed by atoms with van der Waals surface area (Å²) in [7, 11) is -3.86. The average molecular weight is 351 g/mol. The molecule has 0 bridgehead atoms. The Bertz CT molecular complexity index is 821. The van der Waals surface area contributed by atoms with Gasteiger partial charge in [-0.2, -0.15) is 0 Å². The second-order valence-corrected chi connectivity index (χ2v) is 8.51. The Kier molecular flexibility index (Phi) is 3.92. The molecule has 2 aliphatic heterocycles. The normalized spacial score (nSPS) is 25.2. The zero-order valence-corrected chi connectivity index (χ0v) is 14.6. The number of hydrogen-bond acceptors (Lipinski definition) is 5. The van der Waals surface area contributed by atoms with Crippen LogP contribution in [0.2, 0.25) is 0 Å². The van der Waals surface area contributed by atoms with E-state index in [1.807, 2.05) is 6.92 Å². The number of sulfonamides is 1. The van der Waals surface area contributed by atoms with Crippen molar-refractivity contribution in [2.75, 3.05) is 26.2 Å². The number of amides is 2. The van der Waals surface area contributed by atoms with Gasteiger partial charge < -0.3 is 10.6 Å². The smallest absolute Gasteiger partial charge is 0.268 e. The summed E-state index contributed by atoms with van der Waals surface area (Å²) >= 11 is 0. The van der Waals surface area contributed by atoms with Crippen molar-refractivity contribution < 1.29 is 18.0 Å². The molecule has 1 aromatic rings. The molecule has 130 valence electrons. The monoisotopic (exact) mass is 351 g/mol. The summed E-state index contributed by atoms with van der Waals surface area (Å²) in [6.45, 7) is 5.34. The van der Waals surface area contributed by atoms with Crippen molar-refractivity contribution >= 4 is 21.8 Å². The lowest BCUT2D eigenvalue weighted by Gasteiger charge is -2.22. The molecule has 0 saturated carbocycles. The highest BCUT2D eigenvalue weighted by atomic mass is 32.2. The molecular formula is C16H21N3O4S. The van der Waals surface area contributed by atoms with Crippen LogP contribution in [0.1, 0.15) is 41.0 Å². The zero-order valence-electron chi connectivity index (χ0n) is 13.8. The van der Waals surface area contributed by atoms with E-state index in [2.05, 4.69) is 0 Å². The molecule has 2 amide bonds. The van der Waals surface area contributed by atoms with Crippen LogP contribution >= 0.6 is 0 Å². The molecule has 0 aliphatic carbocycles. The first-order valence-corrected chi connectivity index (χ1v) is 9.38. The molecule has 1 atom stereocenters. The molecule has 8 heteroatoms. The van der Waals surface area contributed by atoms with Gasteiger partial charge in [0, 0.05) is 25.2 Å². The Morgan fingerprint density at radius 2 is 2.08 bits per heavy atom.